The Kier molecular flexibility index (Phi) is 6.12. The Labute approximate surface area is 160 Å². The molecule has 0 saturated carbocycles. The second-order valence-electron chi connectivity index (χ2n) is 6.82. The summed E-state index contributed by atoms with van der Waals surface area (Å²) in [5.74, 6) is 0.587. The fourth-order valence-electron chi connectivity index (χ4n) is 3.46. The third-order valence-electron chi connectivity index (χ3n) is 4.94. The predicted octanol–water partition coefficient (Wildman–Crippen LogP) is 4.09. The Balaban J connectivity index is 1.58. The van der Waals surface area contributed by atoms with Crippen molar-refractivity contribution in [3.8, 4) is 5.75 Å². The van der Waals surface area contributed by atoms with Gasteiger partial charge < -0.3 is 15.0 Å². The van der Waals surface area contributed by atoms with E-state index in [9.17, 15) is 9.59 Å². The highest BCUT2D eigenvalue weighted by Gasteiger charge is 2.30. The molecule has 0 bridgehead atoms. The molecule has 1 aliphatic heterocycles. The molecule has 5 heteroatoms. The fourth-order valence-corrected chi connectivity index (χ4v) is 3.46. The number of nitrogens with zero attached hydrogens (tertiary/aromatic N) is 1. The third kappa shape index (κ3) is 4.67. The lowest BCUT2D eigenvalue weighted by Crippen LogP contribution is -2.34. The molecule has 1 atom stereocenters. The van der Waals surface area contributed by atoms with Gasteiger partial charge in [-0.15, -0.1) is 0 Å². The maximum Gasteiger partial charge on any atom is 0.261 e. The highest BCUT2D eigenvalue weighted by Crippen LogP contribution is 2.33. The van der Waals surface area contributed by atoms with Crippen LogP contribution < -0.4 is 10.1 Å². The second-order valence-corrected chi connectivity index (χ2v) is 6.82. The summed E-state index contributed by atoms with van der Waals surface area (Å²) in [7, 11) is 0. The van der Waals surface area contributed by atoms with Gasteiger partial charge in [0.25, 0.3) is 5.91 Å². The van der Waals surface area contributed by atoms with Gasteiger partial charge in [0.15, 0.2) is 6.61 Å². The molecule has 3 rings (SSSR count). The van der Waals surface area contributed by atoms with Gasteiger partial charge in [-0.1, -0.05) is 31.2 Å². The number of aryl methyl sites for hydroxylation is 1. The standard InChI is InChI=1S/C22H26N2O3/c1-3-21(25)23-17-10-12-18(13-11-17)27-15-22(26)24-14-6-9-20(24)19-8-5-4-7-16(19)2/h4-5,7-8,10-13,20H,3,6,9,14-15H2,1-2H3,(H,23,25)/t20-/m0/s1. The van der Waals surface area contributed by atoms with Gasteiger partial charge in [0.2, 0.25) is 5.91 Å². The van der Waals surface area contributed by atoms with Crippen LogP contribution in [-0.2, 0) is 9.59 Å². The largest absolute Gasteiger partial charge is 0.484 e. The number of hydrogen-bond donors (Lipinski definition) is 1. The number of amides is 2. The number of carbonyl (C=O) groups excluding carboxylic acids is 2. The van der Waals surface area contributed by atoms with Crippen LogP contribution in [0.2, 0.25) is 0 Å². The molecule has 2 aromatic rings. The molecular weight excluding hydrogens is 340 g/mol. The van der Waals surface area contributed by atoms with Crippen molar-refractivity contribution in [2.75, 3.05) is 18.5 Å². The molecule has 27 heavy (non-hydrogen) atoms. The maximum absolute atomic E-state index is 12.7. The Morgan fingerprint density at radius 1 is 1.15 bits per heavy atom. The predicted molar refractivity (Wildman–Crippen MR) is 106 cm³/mol. The molecule has 2 amide bonds. The summed E-state index contributed by atoms with van der Waals surface area (Å²) in [4.78, 5) is 26.0. The van der Waals surface area contributed by atoms with E-state index in [1.165, 1.54) is 11.1 Å². The molecule has 5 nitrogen and oxygen atoms in total. The summed E-state index contributed by atoms with van der Waals surface area (Å²) in [6.07, 6.45) is 2.43. The minimum Gasteiger partial charge on any atom is -0.484 e. The zero-order chi connectivity index (χ0) is 19.2. The van der Waals surface area contributed by atoms with Crippen LogP contribution in [0.1, 0.15) is 43.4 Å². The van der Waals surface area contributed by atoms with E-state index in [-0.39, 0.29) is 24.5 Å². The first-order chi connectivity index (χ1) is 13.1. The molecule has 0 aromatic heterocycles. The van der Waals surface area contributed by atoms with E-state index in [0.29, 0.717) is 12.2 Å². The summed E-state index contributed by atoms with van der Waals surface area (Å²) in [6.45, 7) is 4.68. The zero-order valence-corrected chi connectivity index (χ0v) is 15.9. The summed E-state index contributed by atoms with van der Waals surface area (Å²) in [5.41, 5.74) is 3.16. The molecular formula is C22H26N2O3. The first-order valence-electron chi connectivity index (χ1n) is 9.46. The number of benzene rings is 2. The number of rotatable bonds is 6. The van der Waals surface area contributed by atoms with Gasteiger partial charge in [-0.05, 0) is 55.2 Å². The third-order valence-corrected chi connectivity index (χ3v) is 4.94. The summed E-state index contributed by atoms with van der Waals surface area (Å²) < 4.78 is 5.68. The normalized spacial score (nSPS) is 16.2. The van der Waals surface area contributed by atoms with Crippen molar-refractivity contribution in [1.29, 1.82) is 0 Å². The lowest BCUT2D eigenvalue weighted by Gasteiger charge is -2.26. The number of likely N-dealkylation sites (tertiary alicyclic amines) is 1. The van der Waals surface area contributed by atoms with E-state index in [1.807, 2.05) is 17.0 Å². The molecule has 1 fully saturated rings. The number of ether oxygens (including phenoxy) is 1. The van der Waals surface area contributed by atoms with E-state index < -0.39 is 0 Å². The van der Waals surface area contributed by atoms with E-state index in [0.717, 1.165) is 25.1 Å². The Morgan fingerprint density at radius 3 is 2.59 bits per heavy atom. The lowest BCUT2D eigenvalue weighted by atomic mass is 9.99. The molecule has 0 aliphatic carbocycles. The molecule has 142 valence electrons. The van der Waals surface area contributed by atoms with E-state index in [4.69, 9.17) is 4.74 Å². The Morgan fingerprint density at radius 2 is 1.89 bits per heavy atom. The Bertz CT molecular complexity index is 801. The Hall–Kier alpha value is -2.82. The van der Waals surface area contributed by atoms with Crippen LogP contribution in [0.4, 0.5) is 5.69 Å². The molecule has 0 unspecified atom stereocenters. The smallest absolute Gasteiger partial charge is 0.261 e. The minimum absolute atomic E-state index is 0.00381. The first kappa shape index (κ1) is 19.0. The van der Waals surface area contributed by atoms with Gasteiger partial charge in [-0.3, -0.25) is 9.59 Å². The van der Waals surface area contributed by atoms with Crippen LogP contribution in [-0.4, -0.2) is 29.9 Å². The molecule has 1 N–H and O–H groups in total. The van der Waals surface area contributed by atoms with Gasteiger partial charge in [-0.2, -0.15) is 0 Å². The first-order valence-corrected chi connectivity index (χ1v) is 9.46. The number of nitrogens with one attached hydrogen (secondary N) is 1. The maximum atomic E-state index is 12.7. The highest BCUT2D eigenvalue weighted by molar-refractivity contribution is 5.90. The van der Waals surface area contributed by atoms with E-state index >= 15 is 0 Å². The van der Waals surface area contributed by atoms with Crippen LogP contribution in [0.5, 0.6) is 5.75 Å². The molecule has 0 radical (unpaired) electrons. The minimum atomic E-state index is -0.0323. The van der Waals surface area contributed by atoms with Crippen molar-refractivity contribution in [3.63, 3.8) is 0 Å². The fraction of sp³-hybridized carbons (Fsp3) is 0.364. The summed E-state index contributed by atoms with van der Waals surface area (Å²) in [6, 6.07) is 15.5. The number of carbonyl (C=O) groups is 2. The van der Waals surface area contributed by atoms with Crippen LogP contribution in [0.15, 0.2) is 48.5 Å². The van der Waals surface area contributed by atoms with Gasteiger partial charge in [-0.25, -0.2) is 0 Å². The zero-order valence-electron chi connectivity index (χ0n) is 15.9. The van der Waals surface area contributed by atoms with Crippen molar-refractivity contribution in [3.05, 3.63) is 59.7 Å². The van der Waals surface area contributed by atoms with Gasteiger partial charge in [0.05, 0.1) is 6.04 Å². The van der Waals surface area contributed by atoms with Crippen LogP contribution in [0.3, 0.4) is 0 Å². The van der Waals surface area contributed by atoms with Crippen molar-refractivity contribution >= 4 is 17.5 Å². The van der Waals surface area contributed by atoms with Gasteiger partial charge >= 0.3 is 0 Å². The highest BCUT2D eigenvalue weighted by atomic mass is 16.5. The molecule has 0 spiro atoms. The number of anilines is 1. The monoisotopic (exact) mass is 366 g/mol. The average molecular weight is 366 g/mol. The second kappa shape index (κ2) is 8.71. The number of hydrogen-bond acceptors (Lipinski definition) is 3. The molecule has 1 aliphatic rings. The topological polar surface area (TPSA) is 58.6 Å². The van der Waals surface area contributed by atoms with Crippen LogP contribution in [0, 0.1) is 6.92 Å². The van der Waals surface area contributed by atoms with E-state index in [2.05, 4.69) is 24.4 Å². The van der Waals surface area contributed by atoms with Crippen molar-refractivity contribution in [2.45, 2.75) is 39.2 Å². The van der Waals surface area contributed by atoms with E-state index in [1.54, 1.807) is 31.2 Å². The van der Waals surface area contributed by atoms with Gasteiger partial charge in [0.1, 0.15) is 5.75 Å². The van der Waals surface area contributed by atoms with Crippen molar-refractivity contribution in [2.24, 2.45) is 0 Å². The van der Waals surface area contributed by atoms with Crippen molar-refractivity contribution in [1.82, 2.24) is 4.90 Å². The SMILES string of the molecule is CCC(=O)Nc1ccc(OCC(=O)N2CCC[C@H]2c2ccccc2C)cc1. The van der Waals surface area contributed by atoms with Crippen LogP contribution >= 0.6 is 0 Å². The van der Waals surface area contributed by atoms with Gasteiger partial charge in [0, 0.05) is 18.7 Å². The molecule has 1 saturated heterocycles. The van der Waals surface area contributed by atoms with Crippen molar-refractivity contribution < 1.29 is 14.3 Å². The summed E-state index contributed by atoms with van der Waals surface area (Å²) >= 11 is 0. The average Bonchev–Trinajstić information content (AvgIpc) is 3.17. The van der Waals surface area contributed by atoms with Crippen LogP contribution in [0.25, 0.3) is 0 Å². The summed E-state index contributed by atoms with van der Waals surface area (Å²) in [5, 5.41) is 2.79. The molecule has 1 heterocycles. The lowest BCUT2D eigenvalue weighted by molar-refractivity contribution is -0.134. The quantitative estimate of drug-likeness (QED) is 0.838. The molecule has 2 aromatic carbocycles.